The van der Waals surface area contributed by atoms with Crippen LogP contribution in [0.3, 0.4) is 0 Å². The second-order valence-corrected chi connectivity index (χ2v) is 7.52. The van der Waals surface area contributed by atoms with E-state index in [9.17, 15) is 9.90 Å². The molecule has 1 amide bonds. The monoisotopic (exact) mass is 344 g/mol. The van der Waals surface area contributed by atoms with E-state index < -0.39 is 5.60 Å². The first-order chi connectivity index (χ1) is 11.6. The Bertz CT molecular complexity index is 732. The molecule has 0 aliphatic carbocycles. The first-order valence-corrected chi connectivity index (χ1v) is 9.08. The van der Waals surface area contributed by atoms with Gasteiger partial charge in [-0.05, 0) is 36.4 Å². The molecule has 1 unspecified atom stereocenters. The minimum absolute atomic E-state index is 0.0632. The number of aromatic nitrogens is 1. The van der Waals surface area contributed by atoms with Crippen LogP contribution in [0.15, 0.2) is 35.8 Å². The van der Waals surface area contributed by atoms with E-state index in [1.807, 2.05) is 34.5 Å². The second-order valence-electron chi connectivity index (χ2n) is 6.57. The molecule has 2 bridgehead atoms. The first-order valence-electron chi connectivity index (χ1n) is 8.20. The fraction of sp³-hybridized carbons (Fsp3) is 0.444. The SMILES string of the molecule is COc1ncccc1C1(O)C[C@H]2CC[C@@H](C1)N2C(=O)c1cccs1. The number of ether oxygens (including phenoxy) is 1. The zero-order chi connectivity index (χ0) is 16.7. The molecule has 2 aliphatic heterocycles. The maximum absolute atomic E-state index is 12.8. The van der Waals surface area contributed by atoms with Crippen LogP contribution in [0.4, 0.5) is 0 Å². The Labute approximate surface area is 144 Å². The number of carbonyl (C=O) groups is 1. The van der Waals surface area contributed by atoms with Gasteiger partial charge in [0, 0.05) is 36.7 Å². The van der Waals surface area contributed by atoms with Crippen molar-refractivity contribution < 1.29 is 14.6 Å². The van der Waals surface area contributed by atoms with Gasteiger partial charge >= 0.3 is 0 Å². The first kappa shape index (κ1) is 15.6. The molecule has 126 valence electrons. The smallest absolute Gasteiger partial charge is 0.264 e. The lowest BCUT2D eigenvalue weighted by Gasteiger charge is -2.44. The van der Waals surface area contributed by atoms with E-state index in [4.69, 9.17) is 4.74 Å². The van der Waals surface area contributed by atoms with Crippen LogP contribution in [0.2, 0.25) is 0 Å². The highest BCUT2D eigenvalue weighted by Gasteiger charge is 2.51. The van der Waals surface area contributed by atoms with Crippen LogP contribution in [0, 0.1) is 0 Å². The van der Waals surface area contributed by atoms with Gasteiger partial charge in [-0.3, -0.25) is 4.79 Å². The summed E-state index contributed by atoms with van der Waals surface area (Å²) < 4.78 is 5.34. The molecule has 2 saturated heterocycles. The predicted octanol–water partition coefficient (Wildman–Crippen LogP) is 2.81. The van der Waals surface area contributed by atoms with E-state index in [2.05, 4.69) is 4.98 Å². The third-order valence-corrected chi connectivity index (χ3v) is 6.06. The third kappa shape index (κ3) is 2.41. The summed E-state index contributed by atoms with van der Waals surface area (Å²) in [6.45, 7) is 0. The van der Waals surface area contributed by atoms with E-state index in [-0.39, 0.29) is 18.0 Å². The molecule has 2 aliphatic rings. The van der Waals surface area contributed by atoms with Crippen molar-refractivity contribution in [2.75, 3.05) is 7.11 Å². The summed E-state index contributed by atoms with van der Waals surface area (Å²) in [6, 6.07) is 7.60. The van der Waals surface area contributed by atoms with E-state index in [1.165, 1.54) is 11.3 Å². The maximum atomic E-state index is 12.8. The van der Waals surface area contributed by atoms with Crippen LogP contribution in [-0.4, -0.2) is 40.1 Å². The molecule has 3 atom stereocenters. The molecular weight excluding hydrogens is 324 g/mol. The van der Waals surface area contributed by atoms with Crippen LogP contribution in [0.25, 0.3) is 0 Å². The number of methoxy groups -OCH3 is 1. The van der Waals surface area contributed by atoms with Gasteiger partial charge in [0.15, 0.2) is 0 Å². The minimum Gasteiger partial charge on any atom is -0.481 e. The van der Waals surface area contributed by atoms with Crippen molar-refractivity contribution >= 4 is 17.2 Å². The molecule has 4 rings (SSSR count). The quantitative estimate of drug-likeness (QED) is 0.930. The lowest BCUT2D eigenvalue weighted by atomic mass is 9.80. The third-order valence-electron chi connectivity index (χ3n) is 5.20. The van der Waals surface area contributed by atoms with E-state index in [0.29, 0.717) is 18.7 Å². The number of piperidine rings is 1. The van der Waals surface area contributed by atoms with Crippen LogP contribution in [0.1, 0.15) is 40.9 Å². The predicted molar refractivity (Wildman–Crippen MR) is 91.2 cm³/mol. The van der Waals surface area contributed by atoms with Gasteiger partial charge in [-0.1, -0.05) is 6.07 Å². The summed E-state index contributed by atoms with van der Waals surface area (Å²) in [7, 11) is 1.57. The Hall–Kier alpha value is -1.92. The van der Waals surface area contributed by atoms with Crippen molar-refractivity contribution in [3.05, 3.63) is 46.3 Å². The van der Waals surface area contributed by atoms with Crippen molar-refractivity contribution in [1.29, 1.82) is 0 Å². The zero-order valence-corrected chi connectivity index (χ0v) is 14.3. The lowest BCUT2D eigenvalue weighted by molar-refractivity contribution is -0.0493. The Morgan fingerprint density at radius 3 is 2.71 bits per heavy atom. The fourth-order valence-corrected chi connectivity index (χ4v) is 4.88. The number of thiophene rings is 1. The highest BCUT2D eigenvalue weighted by Crippen LogP contribution is 2.47. The van der Waals surface area contributed by atoms with Gasteiger partial charge in [-0.2, -0.15) is 0 Å². The zero-order valence-electron chi connectivity index (χ0n) is 13.5. The number of nitrogens with zero attached hydrogens (tertiary/aromatic N) is 2. The van der Waals surface area contributed by atoms with Crippen molar-refractivity contribution in [3.8, 4) is 5.88 Å². The molecule has 6 heteroatoms. The van der Waals surface area contributed by atoms with E-state index >= 15 is 0 Å². The number of fused-ring (bicyclic) bond motifs is 2. The van der Waals surface area contributed by atoms with Gasteiger partial charge < -0.3 is 14.7 Å². The van der Waals surface area contributed by atoms with Gasteiger partial charge in [-0.15, -0.1) is 11.3 Å². The molecule has 4 heterocycles. The van der Waals surface area contributed by atoms with Crippen molar-refractivity contribution in [3.63, 3.8) is 0 Å². The standard InChI is InChI=1S/C18H20N2O3S/c1-23-16-14(4-2-8-19-16)18(22)10-12-6-7-13(11-18)20(12)17(21)15-5-3-9-24-15/h2-5,8-9,12-13,22H,6-7,10-11H2,1H3/t12-,13+,18?. The Kier molecular flexibility index (Phi) is 3.81. The molecule has 2 aromatic rings. The number of aliphatic hydroxyl groups is 1. The van der Waals surface area contributed by atoms with Crippen molar-refractivity contribution in [1.82, 2.24) is 9.88 Å². The van der Waals surface area contributed by atoms with Crippen LogP contribution < -0.4 is 4.74 Å². The second kappa shape index (κ2) is 5.86. The Morgan fingerprint density at radius 1 is 1.33 bits per heavy atom. The summed E-state index contributed by atoms with van der Waals surface area (Å²) in [4.78, 5) is 19.8. The molecule has 0 aromatic carbocycles. The summed E-state index contributed by atoms with van der Waals surface area (Å²) in [5.74, 6) is 0.565. The number of hydrogen-bond donors (Lipinski definition) is 1. The van der Waals surface area contributed by atoms with Crippen LogP contribution >= 0.6 is 11.3 Å². The topological polar surface area (TPSA) is 62.7 Å². The van der Waals surface area contributed by atoms with Gasteiger partial charge in [0.05, 0.1) is 17.6 Å². The number of amides is 1. The summed E-state index contributed by atoms with van der Waals surface area (Å²) in [6.07, 6.45) is 4.60. The van der Waals surface area contributed by atoms with Gasteiger partial charge in [-0.25, -0.2) is 4.98 Å². The molecule has 0 spiro atoms. The van der Waals surface area contributed by atoms with Crippen LogP contribution in [0.5, 0.6) is 5.88 Å². The van der Waals surface area contributed by atoms with Gasteiger partial charge in [0.1, 0.15) is 0 Å². The van der Waals surface area contributed by atoms with E-state index in [0.717, 1.165) is 23.3 Å². The molecule has 0 radical (unpaired) electrons. The van der Waals surface area contributed by atoms with Crippen molar-refractivity contribution in [2.24, 2.45) is 0 Å². The minimum atomic E-state index is -0.988. The number of pyridine rings is 1. The fourth-order valence-electron chi connectivity index (χ4n) is 4.21. The number of hydrogen-bond acceptors (Lipinski definition) is 5. The average Bonchev–Trinajstić information content (AvgIpc) is 3.22. The largest absolute Gasteiger partial charge is 0.481 e. The molecule has 2 aromatic heterocycles. The summed E-state index contributed by atoms with van der Waals surface area (Å²) >= 11 is 1.48. The maximum Gasteiger partial charge on any atom is 0.264 e. The molecule has 5 nitrogen and oxygen atoms in total. The summed E-state index contributed by atoms with van der Waals surface area (Å²) in [5, 5.41) is 13.2. The number of rotatable bonds is 3. The van der Waals surface area contributed by atoms with E-state index in [1.54, 1.807) is 13.3 Å². The molecule has 0 saturated carbocycles. The average molecular weight is 344 g/mol. The normalized spacial score (nSPS) is 28.8. The Balaban J connectivity index is 1.63. The van der Waals surface area contributed by atoms with Crippen molar-refractivity contribution in [2.45, 2.75) is 43.4 Å². The molecular formula is C18H20N2O3S. The van der Waals surface area contributed by atoms with Gasteiger partial charge in [0.25, 0.3) is 5.91 Å². The van der Waals surface area contributed by atoms with Crippen LogP contribution in [-0.2, 0) is 5.60 Å². The molecule has 1 N–H and O–H groups in total. The summed E-state index contributed by atoms with van der Waals surface area (Å²) in [5.41, 5.74) is -0.259. The highest BCUT2D eigenvalue weighted by molar-refractivity contribution is 7.12. The molecule has 2 fully saturated rings. The molecule has 24 heavy (non-hydrogen) atoms. The highest BCUT2D eigenvalue weighted by atomic mass is 32.1. The number of carbonyl (C=O) groups excluding carboxylic acids is 1. The lowest BCUT2D eigenvalue weighted by Crippen LogP contribution is -2.52. The van der Waals surface area contributed by atoms with Gasteiger partial charge in [0.2, 0.25) is 5.88 Å². The Morgan fingerprint density at radius 2 is 2.08 bits per heavy atom.